The molecule has 0 amide bonds. The Kier molecular flexibility index (Phi) is 7.14. The van der Waals surface area contributed by atoms with Crippen molar-refractivity contribution in [1.82, 2.24) is 0 Å². The van der Waals surface area contributed by atoms with Gasteiger partial charge in [-0.3, -0.25) is 0 Å². The molecule has 17 heavy (non-hydrogen) atoms. The number of rotatable bonds is 7. The van der Waals surface area contributed by atoms with Gasteiger partial charge in [-0.2, -0.15) is 0 Å². The lowest BCUT2D eigenvalue weighted by molar-refractivity contribution is 0.0150. The first-order chi connectivity index (χ1) is 8.15. The maximum atomic E-state index is 10.0. The molecule has 1 N–H and O–H groups in total. The highest BCUT2D eigenvalue weighted by Crippen LogP contribution is 2.35. The standard InChI is InChI=1S/C15H30O2/c1-4-5-9-17-10-8-14-11-13(12(2)3)6-7-15(14)16/h12-16H,4-11H2,1-3H3. The molecule has 1 aliphatic carbocycles. The van der Waals surface area contributed by atoms with Gasteiger partial charge in [-0.1, -0.05) is 27.2 Å². The van der Waals surface area contributed by atoms with Crippen LogP contribution >= 0.6 is 0 Å². The van der Waals surface area contributed by atoms with Crippen LogP contribution in [0.4, 0.5) is 0 Å². The van der Waals surface area contributed by atoms with Crippen molar-refractivity contribution in [2.45, 2.75) is 65.4 Å². The van der Waals surface area contributed by atoms with Gasteiger partial charge in [0.2, 0.25) is 0 Å². The molecule has 1 aliphatic rings. The van der Waals surface area contributed by atoms with E-state index in [9.17, 15) is 5.11 Å². The molecule has 0 bridgehead atoms. The van der Waals surface area contributed by atoms with Gasteiger partial charge in [0, 0.05) is 13.2 Å². The van der Waals surface area contributed by atoms with Crippen molar-refractivity contribution in [2.75, 3.05) is 13.2 Å². The summed E-state index contributed by atoms with van der Waals surface area (Å²) in [6.07, 6.45) is 6.68. The Bertz CT molecular complexity index is 191. The predicted molar refractivity (Wildman–Crippen MR) is 72.0 cm³/mol. The first kappa shape index (κ1) is 15.0. The Labute approximate surface area is 107 Å². The summed E-state index contributed by atoms with van der Waals surface area (Å²) < 4.78 is 5.61. The molecule has 0 aromatic carbocycles. The van der Waals surface area contributed by atoms with E-state index in [0.717, 1.165) is 44.3 Å². The molecular weight excluding hydrogens is 212 g/mol. The third kappa shape index (κ3) is 5.39. The fourth-order valence-electron chi connectivity index (χ4n) is 2.78. The van der Waals surface area contributed by atoms with E-state index < -0.39 is 0 Å². The number of aliphatic hydroxyl groups is 1. The van der Waals surface area contributed by atoms with E-state index in [2.05, 4.69) is 20.8 Å². The van der Waals surface area contributed by atoms with Crippen LogP contribution in [-0.4, -0.2) is 24.4 Å². The molecule has 3 atom stereocenters. The number of ether oxygens (including phenoxy) is 1. The summed E-state index contributed by atoms with van der Waals surface area (Å²) in [7, 11) is 0. The van der Waals surface area contributed by atoms with Crippen molar-refractivity contribution in [3.8, 4) is 0 Å². The minimum Gasteiger partial charge on any atom is -0.393 e. The molecule has 102 valence electrons. The number of aliphatic hydroxyl groups excluding tert-OH is 1. The Hall–Kier alpha value is -0.0800. The topological polar surface area (TPSA) is 29.5 Å². The molecule has 0 aromatic heterocycles. The Morgan fingerprint density at radius 2 is 2.00 bits per heavy atom. The Morgan fingerprint density at radius 1 is 1.24 bits per heavy atom. The summed E-state index contributed by atoms with van der Waals surface area (Å²) >= 11 is 0. The van der Waals surface area contributed by atoms with E-state index in [-0.39, 0.29) is 6.10 Å². The van der Waals surface area contributed by atoms with Crippen molar-refractivity contribution in [3.05, 3.63) is 0 Å². The van der Waals surface area contributed by atoms with E-state index in [0.29, 0.717) is 5.92 Å². The molecule has 1 rings (SSSR count). The third-order valence-corrected chi connectivity index (χ3v) is 4.20. The second-order valence-electron chi connectivity index (χ2n) is 5.90. The summed E-state index contributed by atoms with van der Waals surface area (Å²) in [5.41, 5.74) is 0. The summed E-state index contributed by atoms with van der Waals surface area (Å²) in [6, 6.07) is 0. The van der Waals surface area contributed by atoms with Crippen LogP contribution in [0, 0.1) is 17.8 Å². The van der Waals surface area contributed by atoms with Crippen molar-refractivity contribution in [3.63, 3.8) is 0 Å². The summed E-state index contributed by atoms with van der Waals surface area (Å²) in [6.45, 7) is 8.50. The van der Waals surface area contributed by atoms with Gasteiger partial charge in [-0.05, 0) is 49.9 Å². The molecule has 2 heteroatoms. The van der Waals surface area contributed by atoms with Crippen LogP contribution in [0.5, 0.6) is 0 Å². The molecule has 0 aliphatic heterocycles. The van der Waals surface area contributed by atoms with Crippen LogP contribution < -0.4 is 0 Å². The highest BCUT2D eigenvalue weighted by molar-refractivity contribution is 4.81. The SMILES string of the molecule is CCCCOCCC1CC(C(C)C)CCC1O. The van der Waals surface area contributed by atoms with E-state index >= 15 is 0 Å². The van der Waals surface area contributed by atoms with Gasteiger partial charge in [0.15, 0.2) is 0 Å². The fourth-order valence-corrected chi connectivity index (χ4v) is 2.78. The van der Waals surface area contributed by atoms with E-state index in [1.54, 1.807) is 0 Å². The van der Waals surface area contributed by atoms with Crippen molar-refractivity contribution < 1.29 is 9.84 Å². The maximum Gasteiger partial charge on any atom is 0.0569 e. The molecule has 0 aromatic rings. The lowest BCUT2D eigenvalue weighted by Gasteiger charge is -2.35. The maximum absolute atomic E-state index is 10.0. The zero-order valence-electron chi connectivity index (χ0n) is 11.8. The van der Waals surface area contributed by atoms with Crippen LogP contribution in [0.2, 0.25) is 0 Å². The zero-order chi connectivity index (χ0) is 12.7. The van der Waals surface area contributed by atoms with Crippen LogP contribution in [0.1, 0.15) is 59.3 Å². The molecule has 0 heterocycles. The molecular formula is C15H30O2. The largest absolute Gasteiger partial charge is 0.393 e. The highest BCUT2D eigenvalue weighted by atomic mass is 16.5. The zero-order valence-corrected chi connectivity index (χ0v) is 11.8. The van der Waals surface area contributed by atoms with Crippen molar-refractivity contribution in [2.24, 2.45) is 17.8 Å². The monoisotopic (exact) mass is 242 g/mol. The van der Waals surface area contributed by atoms with E-state index in [1.165, 1.54) is 19.3 Å². The van der Waals surface area contributed by atoms with Gasteiger partial charge >= 0.3 is 0 Å². The van der Waals surface area contributed by atoms with E-state index in [4.69, 9.17) is 4.74 Å². The summed E-state index contributed by atoms with van der Waals surface area (Å²) in [5, 5.41) is 10.0. The lowest BCUT2D eigenvalue weighted by Crippen LogP contribution is -2.31. The average molecular weight is 242 g/mol. The van der Waals surface area contributed by atoms with Gasteiger partial charge in [-0.25, -0.2) is 0 Å². The number of unbranched alkanes of at least 4 members (excludes halogenated alkanes) is 1. The van der Waals surface area contributed by atoms with Crippen LogP contribution in [0.15, 0.2) is 0 Å². The molecule has 2 nitrogen and oxygen atoms in total. The Morgan fingerprint density at radius 3 is 2.65 bits per heavy atom. The third-order valence-electron chi connectivity index (χ3n) is 4.20. The highest BCUT2D eigenvalue weighted by Gasteiger charge is 2.30. The number of hydrogen-bond donors (Lipinski definition) is 1. The summed E-state index contributed by atoms with van der Waals surface area (Å²) in [4.78, 5) is 0. The van der Waals surface area contributed by atoms with Gasteiger partial charge in [0.25, 0.3) is 0 Å². The minimum absolute atomic E-state index is 0.0835. The summed E-state index contributed by atoms with van der Waals surface area (Å²) in [5.74, 6) is 2.03. The van der Waals surface area contributed by atoms with Gasteiger partial charge in [0.05, 0.1) is 6.10 Å². The second kappa shape index (κ2) is 8.10. The number of hydrogen-bond acceptors (Lipinski definition) is 2. The van der Waals surface area contributed by atoms with Crippen LogP contribution in [-0.2, 0) is 4.74 Å². The molecule has 1 saturated carbocycles. The quantitative estimate of drug-likeness (QED) is 0.691. The normalized spacial score (nSPS) is 29.8. The molecule has 1 fully saturated rings. The minimum atomic E-state index is -0.0835. The molecule has 0 saturated heterocycles. The van der Waals surface area contributed by atoms with Gasteiger partial charge in [-0.15, -0.1) is 0 Å². The second-order valence-corrected chi connectivity index (χ2v) is 5.90. The molecule has 0 spiro atoms. The fraction of sp³-hybridized carbons (Fsp3) is 1.00. The van der Waals surface area contributed by atoms with Gasteiger partial charge < -0.3 is 9.84 Å². The van der Waals surface area contributed by atoms with E-state index in [1.807, 2.05) is 0 Å². The van der Waals surface area contributed by atoms with Crippen LogP contribution in [0.25, 0.3) is 0 Å². The average Bonchev–Trinajstić information content (AvgIpc) is 2.30. The smallest absolute Gasteiger partial charge is 0.0569 e. The lowest BCUT2D eigenvalue weighted by atomic mass is 9.74. The van der Waals surface area contributed by atoms with Crippen LogP contribution in [0.3, 0.4) is 0 Å². The Balaban J connectivity index is 2.20. The predicted octanol–water partition coefficient (Wildman–Crippen LogP) is 3.63. The van der Waals surface area contributed by atoms with Crippen molar-refractivity contribution >= 4 is 0 Å². The first-order valence-electron chi connectivity index (χ1n) is 7.41. The van der Waals surface area contributed by atoms with Gasteiger partial charge in [0.1, 0.15) is 0 Å². The first-order valence-corrected chi connectivity index (χ1v) is 7.41. The van der Waals surface area contributed by atoms with Crippen molar-refractivity contribution in [1.29, 1.82) is 0 Å². The molecule has 0 radical (unpaired) electrons. The molecule has 3 unspecified atom stereocenters.